The van der Waals surface area contributed by atoms with Crippen LogP contribution in [0.25, 0.3) is 10.9 Å². The highest BCUT2D eigenvalue weighted by molar-refractivity contribution is 6.01. The van der Waals surface area contributed by atoms with Gasteiger partial charge >= 0.3 is 0 Å². The number of benzene rings is 1. The minimum atomic E-state index is -0.0979. The molecule has 0 unspecified atom stereocenters. The number of nitrogens with zero attached hydrogens (tertiary/aromatic N) is 2. The summed E-state index contributed by atoms with van der Waals surface area (Å²) in [5, 5.41) is 8.65. The van der Waals surface area contributed by atoms with Gasteiger partial charge in [0, 0.05) is 34.7 Å². The Morgan fingerprint density at radius 3 is 2.85 bits per heavy atom. The van der Waals surface area contributed by atoms with Gasteiger partial charge in [0.2, 0.25) is 0 Å². The van der Waals surface area contributed by atoms with E-state index >= 15 is 0 Å². The van der Waals surface area contributed by atoms with E-state index < -0.39 is 0 Å². The van der Waals surface area contributed by atoms with Gasteiger partial charge < -0.3 is 9.88 Å². The maximum atomic E-state index is 12.0. The minimum absolute atomic E-state index is 0.0979. The Morgan fingerprint density at radius 2 is 2.08 bits per heavy atom. The van der Waals surface area contributed by atoms with Crippen LogP contribution in [-0.4, -0.2) is 29.3 Å². The van der Waals surface area contributed by atoms with Crippen LogP contribution >= 0.6 is 0 Å². The molecular weight excluding hydrogens is 324 g/mol. The Kier molecular flexibility index (Phi) is 6.23. The number of hydrogen-bond acceptors (Lipinski definition) is 3. The molecular formula is C21H28N4O. The zero-order valence-electron chi connectivity index (χ0n) is 15.5. The maximum absolute atomic E-state index is 12.0. The highest BCUT2D eigenvalue weighted by Crippen LogP contribution is 2.24. The summed E-state index contributed by atoms with van der Waals surface area (Å²) in [6, 6.07) is 8.69. The van der Waals surface area contributed by atoms with Gasteiger partial charge in [0.05, 0.1) is 12.8 Å². The number of carbonyl (C=O) groups excluding carboxylic acids is 1. The lowest BCUT2D eigenvalue weighted by Gasteiger charge is -2.22. The van der Waals surface area contributed by atoms with Gasteiger partial charge in [0.1, 0.15) is 0 Å². The van der Waals surface area contributed by atoms with Gasteiger partial charge in [0.25, 0.3) is 5.91 Å². The Hall–Kier alpha value is -2.40. The Labute approximate surface area is 155 Å². The van der Waals surface area contributed by atoms with Gasteiger partial charge in [-0.1, -0.05) is 43.5 Å². The van der Waals surface area contributed by atoms with E-state index in [-0.39, 0.29) is 5.91 Å². The SMILES string of the molecule is C=CCn1c(C)c(/C=N\NC(=O)CNC2CCCCC2)c2ccccc21. The lowest BCUT2D eigenvalue weighted by Crippen LogP contribution is -2.38. The summed E-state index contributed by atoms with van der Waals surface area (Å²) in [7, 11) is 0. The van der Waals surface area contributed by atoms with Crippen molar-refractivity contribution < 1.29 is 4.79 Å². The number of allylic oxidation sites excluding steroid dienone is 1. The van der Waals surface area contributed by atoms with E-state index in [1.54, 1.807) is 6.21 Å². The zero-order chi connectivity index (χ0) is 18.4. The topological polar surface area (TPSA) is 58.4 Å². The summed E-state index contributed by atoms with van der Waals surface area (Å²) in [4.78, 5) is 12.0. The summed E-state index contributed by atoms with van der Waals surface area (Å²) in [6.07, 6.45) is 9.79. The van der Waals surface area contributed by atoms with E-state index in [2.05, 4.69) is 46.0 Å². The fourth-order valence-corrected chi connectivity index (χ4v) is 3.74. The monoisotopic (exact) mass is 352 g/mol. The predicted octanol–water partition coefficient (Wildman–Crippen LogP) is 3.51. The first-order valence-corrected chi connectivity index (χ1v) is 9.44. The molecule has 2 N–H and O–H groups in total. The normalized spacial score (nSPS) is 15.6. The highest BCUT2D eigenvalue weighted by atomic mass is 16.2. The number of carbonyl (C=O) groups is 1. The van der Waals surface area contributed by atoms with Crippen LogP contribution in [0.5, 0.6) is 0 Å². The van der Waals surface area contributed by atoms with Crippen molar-refractivity contribution in [3.05, 3.63) is 48.2 Å². The Balaban J connectivity index is 1.63. The van der Waals surface area contributed by atoms with Crippen LogP contribution in [0.2, 0.25) is 0 Å². The largest absolute Gasteiger partial charge is 0.340 e. The lowest BCUT2D eigenvalue weighted by molar-refractivity contribution is -0.120. The van der Waals surface area contributed by atoms with Crippen molar-refractivity contribution >= 4 is 23.0 Å². The van der Waals surface area contributed by atoms with Crippen LogP contribution in [0.4, 0.5) is 0 Å². The van der Waals surface area contributed by atoms with Crippen molar-refractivity contribution in [2.45, 2.75) is 51.6 Å². The molecule has 1 fully saturated rings. The molecule has 0 aliphatic heterocycles. The second kappa shape index (κ2) is 8.81. The second-order valence-corrected chi connectivity index (χ2v) is 6.92. The quantitative estimate of drug-likeness (QED) is 0.455. The molecule has 1 heterocycles. The van der Waals surface area contributed by atoms with Crippen molar-refractivity contribution in [1.82, 2.24) is 15.3 Å². The molecule has 0 saturated heterocycles. The van der Waals surface area contributed by atoms with Crippen LogP contribution in [0.15, 0.2) is 42.0 Å². The van der Waals surface area contributed by atoms with Gasteiger partial charge in [0.15, 0.2) is 0 Å². The molecule has 0 atom stereocenters. The van der Waals surface area contributed by atoms with Crippen molar-refractivity contribution in [3.63, 3.8) is 0 Å². The lowest BCUT2D eigenvalue weighted by atomic mass is 9.95. The smallest absolute Gasteiger partial charge is 0.254 e. The molecule has 5 heteroatoms. The van der Waals surface area contributed by atoms with Crippen LogP contribution in [0.3, 0.4) is 0 Å². The fourth-order valence-electron chi connectivity index (χ4n) is 3.74. The third kappa shape index (κ3) is 4.22. The fraction of sp³-hybridized carbons (Fsp3) is 0.429. The van der Waals surface area contributed by atoms with Crippen molar-refractivity contribution in [2.24, 2.45) is 5.10 Å². The third-order valence-corrected chi connectivity index (χ3v) is 5.13. The standard InChI is InChI=1S/C21H28N4O/c1-3-13-25-16(2)19(18-11-7-8-12-20(18)25)14-23-24-21(26)15-22-17-9-5-4-6-10-17/h3,7-8,11-12,14,17,22H,1,4-6,9-10,13,15H2,2H3,(H,24,26)/b23-14-. The number of rotatable bonds is 7. The van der Waals surface area contributed by atoms with Crippen molar-refractivity contribution in [3.8, 4) is 0 Å². The predicted molar refractivity (Wildman–Crippen MR) is 107 cm³/mol. The molecule has 26 heavy (non-hydrogen) atoms. The van der Waals surface area contributed by atoms with Gasteiger partial charge in [-0.3, -0.25) is 4.79 Å². The van der Waals surface area contributed by atoms with E-state index in [0.29, 0.717) is 12.6 Å². The van der Waals surface area contributed by atoms with Crippen LogP contribution < -0.4 is 10.7 Å². The Bertz CT molecular complexity index is 800. The number of amides is 1. The molecule has 5 nitrogen and oxygen atoms in total. The molecule has 0 radical (unpaired) electrons. The highest BCUT2D eigenvalue weighted by Gasteiger charge is 2.14. The van der Waals surface area contributed by atoms with Crippen molar-refractivity contribution in [1.29, 1.82) is 0 Å². The zero-order valence-corrected chi connectivity index (χ0v) is 15.5. The van der Waals surface area contributed by atoms with E-state index in [1.807, 2.05) is 18.2 Å². The summed E-state index contributed by atoms with van der Waals surface area (Å²) in [6.45, 7) is 6.97. The first-order valence-electron chi connectivity index (χ1n) is 9.44. The van der Waals surface area contributed by atoms with Crippen LogP contribution in [0, 0.1) is 6.92 Å². The first-order chi connectivity index (χ1) is 12.7. The molecule has 1 aromatic carbocycles. The second-order valence-electron chi connectivity index (χ2n) is 6.92. The van der Waals surface area contributed by atoms with Crippen molar-refractivity contribution in [2.75, 3.05) is 6.54 Å². The molecule has 1 saturated carbocycles. The number of hydrazone groups is 1. The third-order valence-electron chi connectivity index (χ3n) is 5.13. The number of nitrogens with one attached hydrogen (secondary N) is 2. The molecule has 1 aliphatic carbocycles. The van der Waals surface area contributed by atoms with Crippen LogP contribution in [0.1, 0.15) is 43.4 Å². The number of aromatic nitrogens is 1. The van der Waals surface area contributed by atoms with E-state index in [0.717, 1.165) is 28.7 Å². The van der Waals surface area contributed by atoms with Gasteiger partial charge in [-0.05, 0) is 25.8 Å². The van der Waals surface area contributed by atoms with E-state index in [1.165, 1.54) is 32.1 Å². The summed E-state index contributed by atoms with van der Waals surface area (Å²) in [5.41, 5.74) is 5.94. The number of fused-ring (bicyclic) bond motifs is 1. The molecule has 1 aromatic heterocycles. The maximum Gasteiger partial charge on any atom is 0.254 e. The van der Waals surface area contributed by atoms with Crippen LogP contribution in [-0.2, 0) is 11.3 Å². The summed E-state index contributed by atoms with van der Waals surface area (Å²) < 4.78 is 2.20. The average molecular weight is 352 g/mol. The molecule has 138 valence electrons. The average Bonchev–Trinajstić information content (AvgIpc) is 2.93. The molecule has 0 bridgehead atoms. The molecule has 3 rings (SSSR count). The molecule has 2 aromatic rings. The number of para-hydroxylation sites is 1. The molecule has 0 spiro atoms. The summed E-state index contributed by atoms with van der Waals surface area (Å²) in [5.74, 6) is -0.0979. The molecule has 1 aliphatic rings. The van der Waals surface area contributed by atoms with Gasteiger partial charge in [-0.15, -0.1) is 6.58 Å². The van der Waals surface area contributed by atoms with E-state index in [4.69, 9.17) is 0 Å². The minimum Gasteiger partial charge on any atom is -0.340 e. The molecule has 1 amide bonds. The van der Waals surface area contributed by atoms with E-state index in [9.17, 15) is 4.79 Å². The summed E-state index contributed by atoms with van der Waals surface area (Å²) >= 11 is 0. The Morgan fingerprint density at radius 1 is 1.31 bits per heavy atom. The van der Waals surface area contributed by atoms with Gasteiger partial charge in [-0.25, -0.2) is 5.43 Å². The van der Waals surface area contributed by atoms with Gasteiger partial charge in [-0.2, -0.15) is 5.10 Å². The first kappa shape index (κ1) is 18.4. The number of hydrogen-bond donors (Lipinski definition) is 2.